The molecule has 2 aromatic carbocycles. The van der Waals surface area contributed by atoms with Gasteiger partial charge in [0.2, 0.25) is 5.91 Å². The van der Waals surface area contributed by atoms with Crippen molar-refractivity contribution in [2.45, 2.75) is 18.4 Å². The summed E-state index contributed by atoms with van der Waals surface area (Å²) in [6.07, 6.45) is 0.406. The fourth-order valence-corrected chi connectivity index (χ4v) is 3.73. The van der Waals surface area contributed by atoms with Gasteiger partial charge in [-0.3, -0.25) is 9.59 Å². The zero-order chi connectivity index (χ0) is 23.2. The normalized spacial score (nSPS) is 10.8. The van der Waals surface area contributed by atoms with Gasteiger partial charge in [0.15, 0.2) is 11.5 Å². The highest BCUT2D eigenvalue weighted by Crippen LogP contribution is 2.18. The van der Waals surface area contributed by atoms with Gasteiger partial charge in [-0.05, 0) is 55.0 Å². The quantitative estimate of drug-likeness (QED) is 0.388. The Morgan fingerprint density at radius 3 is 2.61 bits per heavy atom. The first-order chi connectivity index (χ1) is 16.0. The zero-order valence-electron chi connectivity index (χ0n) is 17.8. The summed E-state index contributed by atoms with van der Waals surface area (Å²) in [6.45, 7) is 2.25. The number of halogens is 1. The number of thioether (sulfide) groups is 1. The van der Waals surface area contributed by atoms with E-state index in [1.54, 1.807) is 16.6 Å². The van der Waals surface area contributed by atoms with Crippen LogP contribution in [0.15, 0.2) is 65.7 Å². The van der Waals surface area contributed by atoms with E-state index in [1.807, 2.05) is 31.2 Å². The lowest BCUT2D eigenvalue weighted by Crippen LogP contribution is -2.26. The molecule has 0 saturated heterocycles. The van der Waals surface area contributed by atoms with Gasteiger partial charge in [0.25, 0.3) is 5.91 Å². The summed E-state index contributed by atoms with van der Waals surface area (Å²) in [5, 5.41) is 19.1. The van der Waals surface area contributed by atoms with Gasteiger partial charge in [-0.25, -0.2) is 4.39 Å². The minimum atomic E-state index is -0.395. The molecule has 2 N–H and O–H groups in total. The fraction of sp³-hybridized carbons (Fsp3) is 0.174. The number of anilines is 1. The lowest BCUT2D eigenvalue weighted by atomic mass is 10.2. The number of carbonyl (C=O) groups excluding carboxylic acids is 2. The first-order valence-electron chi connectivity index (χ1n) is 10.2. The standard InChI is InChI=1S/C23H21FN6O2S/c1-15-4-2-3-5-18(15)26-21(31)14-33-22-11-10-19-27-28-20(30(19)29-22)12-13-25-23(32)16-6-8-17(24)9-7-16/h2-11H,12-14H2,1H3,(H,25,32)(H,26,31). The molecule has 0 bridgehead atoms. The number of carbonyl (C=O) groups is 2. The van der Waals surface area contributed by atoms with Gasteiger partial charge < -0.3 is 10.6 Å². The van der Waals surface area contributed by atoms with Crippen LogP contribution in [0.1, 0.15) is 21.7 Å². The van der Waals surface area contributed by atoms with Crippen molar-refractivity contribution in [1.82, 2.24) is 25.1 Å². The maximum atomic E-state index is 13.0. The molecule has 168 valence electrons. The average Bonchev–Trinajstić information content (AvgIpc) is 3.22. The predicted molar refractivity (Wildman–Crippen MR) is 124 cm³/mol. The van der Waals surface area contributed by atoms with Crippen molar-refractivity contribution in [1.29, 1.82) is 0 Å². The van der Waals surface area contributed by atoms with Gasteiger partial charge in [-0.15, -0.1) is 10.2 Å². The molecule has 0 aliphatic heterocycles. The van der Waals surface area contributed by atoms with E-state index in [2.05, 4.69) is 25.9 Å². The zero-order valence-corrected chi connectivity index (χ0v) is 18.6. The van der Waals surface area contributed by atoms with Crippen molar-refractivity contribution in [2.75, 3.05) is 17.6 Å². The minimum Gasteiger partial charge on any atom is -0.352 e. The number of hydrogen-bond donors (Lipinski definition) is 2. The SMILES string of the molecule is Cc1ccccc1NC(=O)CSc1ccc2nnc(CCNC(=O)c3ccc(F)cc3)n2n1. The highest BCUT2D eigenvalue weighted by Gasteiger charge is 2.11. The Balaban J connectivity index is 1.34. The Labute approximate surface area is 193 Å². The number of amides is 2. The summed E-state index contributed by atoms with van der Waals surface area (Å²) < 4.78 is 14.6. The second kappa shape index (κ2) is 10.2. The van der Waals surface area contributed by atoms with E-state index >= 15 is 0 Å². The first-order valence-corrected chi connectivity index (χ1v) is 11.2. The number of hydrogen-bond acceptors (Lipinski definition) is 6. The van der Waals surface area contributed by atoms with Crippen LogP contribution in [-0.2, 0) is 11.2 Å². The van der Waals surface area contributed by atoms with Crippen molar-refractivity contribution in [3.05, 3.63) is 83.4 Å². The molecule has 4 rings (SSSR count). The van der Waals surface area contributed by atoms with Crippen molar-refractivity contribution in [2.24, 2.45) is 0 Å². The summed E-state index contributed by atoms with van der Waals surface area (Å²) >= 11 is 1.31. The number of fused-ring (bicyclic) bond motifs is 1. The van der Waals surface area contributed by atoms with Crippen LogP contribution in [0.5, 0.6) is 0 Å². The summed E-state index contributed by atoms with van der Waals surface area (Å²) in [7, 11) is 0. The number of nitrogens with zero attached hydrogens (tertiary/aromatic N) is 4. The van der Waals surface area contributed by atoms with E-state index in [9.17, 15) is 14.0 Å². The number of rotatable bonds is 8. The summed E-state index contributed by atoms with van der Waals surface area (Å²) in [5.41, 5.74) is 2.73. The van der Waals surface area contributed by atoms with Gasteiger partial charge in [-0.2, -0.15) is 9.61 Å². The van der Waals surface area contributed by atoms with E-state index in [4.69, 9.17) is 0 Å². The van der Waals surface area contributed by atoms with Crippen LogP contribution < -0.4 is 10.6 Å². The smallest absolute Gasteiger partial charge is 0.251 e. The van der Waals surface area contributed by atoms with Crippen LogP contribution in [0.25, 0.3) is 5.65 Å². The maximum Gasteiger partial charge on any atom is 0.251 e. The Morgan fingerprint density at radius 2 is 1.82 bits per heavy atom. The van der Waals surface area contributed by atoms with Gasteiger partial charge >= 0.3 is 0 Å². The number of nitrogens with one attached hydrogen (secondary N) is 2. The Morgan fingerprint density at radius 1 is 1.03 bits per heavy atom. The molecule has 0 saturated carbocycles. The first kappa shape index (κ1) is 22.4. The van der Waals surface area contributed by atoms with E-state index in [-0.39, 0.29) is 17.6 Å². The molecule has 4 aromatic rings. The van der Waals surface area contributed by atoms with Crippen LogP contribution >= 0.6 is 11.8 Å². The monoisotopic (exact) mass is 464 g/mol. The van der Waals surface area contributed by atoms with Crippen LogP contribution in [0.2, 0.25) is 0 Å². The van der Waals surface area contributed by atoms with Crippen LogP contribution in [0.3, 0.4) is 0 Å². The fourth-order valence-electron chi connectivity index (χ4n) is 3.08. The molecule has 2 aromatic heterocycles. The van der Waals surface area contributed by atoms with Crippen molar-refractivity contribution in [3.8, 4) is 0 Å². The Hall–Kier alpha value is -3.79. The van der Waals surface area contributed by atoms with E-state index in [0.29, 0.717) is 35.0 Å². The molecule has 0 aliphatic rings. The molecule has 10 heteroatoms. The van der Waals surface area contributed by atoms with E-state index in [0.717, 1.165) is 11.3 Å². The summed E-state index contributed by atoms with van der Waals surface area (Å²) in [4.78, 5) is 24.5. The Bertz CT molecular complexity index is 1290. The second-order valence-electron chi connectivity index (χ2n) is 7.22. The topological polar surface area (TPSA) is 101 Å². The number of para-hydroxylation sites is 1. The van der Waals surface area contributed by atoms with Crippen LogP contribution in [0.4, 0.5) is 10.1 Å². The molecular formula is C23H21FN6O2S. The largest absolute Gasteiger partial charge is 0.352 e. The molecule has 33 heavy (non-hydrogen) atoms. The number of benzene rings is 2. The summed E-state index contributed by atoms with van der Waals surface area (Å²) in [6, 6.07) is 16.5. The van der Waals surface area contributed by atoms with Crippen molar-refractivity contribution < 1.29 is 14.0 Å². The van der Waals surface area contributed by atoms with E-state index in [1.165, 1.54) is 36.0 Å². The van der Waals surface area contributed by atoms with Gasteiger partial charge in [-0.1, -0.05) is 30.0 Å². The lowest BCUT2D eigenvalue weighted by Gasteiger charge is -2.08. The van der Waals surface area contributed by atoms with Crippen molar-refractivity contribution in [3.63, 3.8) is 0 Å². The molecule has 8 nitrogen and oxygen atoms in total. The van der Waals surface area contributed by atoms with Crippen LogP contribution in [0, 0.1) is 12.7 Å². The summed E-state index contributed by atoms with van der Waals surface area (Å²) in [5.74, 6) is -0.0284. The molecule has 0 fully saturated rings. The molecule has 2 heterocycles. The lowest BCUT2D eigenvalue weighted by molar-refractivity contribution is -0.113. The van der Waals surface area contributed by atoms with Gasteiger partial charge in [0.05, 0.1) is 5.75 Å². The highest BCUT2D eigenvalue weighted by molar-refractivity contribution is 7.99. The number of aromatic nitrogens is 4. The third kappa shape index (κ3) is 5.72. The highest BCUT2D eigenvalue weighted by atomic mass is 32.2. The average molecular weight is 465 g/mol. The molecule has 0 spiro atoms. The van der Waals surface area contributed by atoms with Crippen LogP contribution in [-0.4, -0.2) is 43.9 Å². The van der Waals surface area contributed by atoms with Gasteiger partial charge in [0.1, 0.15) is 10.8 Å². The molecule has 0 radical (unpaired) electrons. The molecule has 0 aliphatic carbocycles. The molecular weight excluding hydrogens is 443 g/mol. The van der Waals surface area contributed by atoms with E-state index < -0.39 is 5.82 Å². The van der Waals surface area contributed by atoms with Crippen molar-refractivity contribution >= 4 is 34.9 Å². The number of aryl methyl sites for hydroxylation is 1. The predicted octanol–water partition coefficient (Wildman–Crippen LogP) is 3.28. The molecule has 0 atom stereocenters. The maximum absolute atomic E-state index is 13.0. The molecule has 0 unspecified atom stereocenters. The third-order valence-corrected chi connectivity index (χ3v) is 5.73. The molecule has 2 amide bonds. The minimum absolute atomic E-state index is 0.122. The second-order valence-corrected chi connectivity index (χ2v) is 8.22. The third-order valence-electron chi connectivity index (χ3n) is 4.81. The Kier molecular flexibility index (Phi) is 6.94. The van der Waals surface area contributed by atoms with Gasteiger partial charge in [0, 0.05) is 24.2 Å².